The lowest BCUT2D eigenvalue weighted by atomic mass is 9.98. The maximum Gasteiger partial charge on any atom is 0.123 e. The van der Waals surface area contributed by atoms with Crippen LogP contribution in [0.15, 0.2) is 48.8 Å². The normalized spacial score (nSPS) is 13.6. The third-order valence-corrected chi connectivity index (χ3v) is 3.87. The Labute approximate surface area is 133 Å². The van der Waals surface area contributed by atoms with Gasteiger partial charge in [0.1, 0.15) is 11.9 Å². The van der Waals surface area contributed by atoms with Crippen molar-refractivity contribution in [2.75, 3.05) is 6.54 Å². The average Bonchev–Trinajstić information content (AvgIpc) is 2.55. The van der Waals surface area contributed by atoms with Gasteiger partial charge in [-0.15, -0.1) is 0 Å². The first-order valence-electron chi connectivity index (χ1n) is 8.06. The smallest absolute Gasteiger partial charge is 0.123 e. The SMILES string of the molecule is CCC(C)c1ccccc1OC(C)CNCc1cccnc1. The molecule has 118 valence electrons. The fourth-order valence-corrected chi connectivity index (χ4v) is 2.40. The Bertz CT molecular complexity index is 556. The lowest BCUT2D eigenvalue weighted by Crippen LogP contribution is -2.29. The van der Waals surface area contributed by atoms with Crippen LogP contribution in [0.25, 0.3) is 0 Å². The summed E-state index contributed by atoms with van der Waals surface area (Å²) in [5, 5.41) is 3.42. The lowest BCUT2D eigenvalue weighted by molar-refractivity contribution is 0.214. The number of benzene rings is 1. The topological polar surface area (TPSA) is 34.1 Å². The Morgan fingerprint density at radius 3 is 2.68 bits per heavy atom. The maximum atomic E-state index is 6.13. The van der Waals surface area contributed by atoms with Crippen LogP contribution >= 0.6 is 0 Å². The third kappa shape index (κ3) is 4.85. The molecule has 0 bridgehead atoms. The number of aromatic nitrogens is 1. The van der Waals surface area contributed by atoms with E-state index < -0.39 is 0 Å². The molecule has 1 N–H and O–H groups in total. The predicted molar refractivity (Wildman–Crippen MR) is 91.2 cm³/mol. The Hall–Kier alpha value is -1.87. The van der Waals surface area contributed by atoms with E-state index in [4.69, 9.17) is 4.74 Å². The van der Waals surface area contributed by atoms with Gasteiger partial charge in [-0.3, -0.25) is 4.98 Å². The fraction of sp³-hybridized carbons (Fsp3) is 0.421. The Morgan fingerprint density at radius 2 is 1.95 bits per heavy atom. The highest BCUT2D eigenvalue weighted by molar-refractivity contribution is 5.36. The molecular weight excluding hydrogens is 272 g/mol. The zero-order valence-corrected chi connectivity index (χ0v) is 13.8. The molecule has 2 atom stereocenters. The van der Waals surface area contributed by atoms with E-state index in [9.17, 15) is 0 Å². The lowest BCUT2D eigenvalue weighted by Gasteiger charge is -2.20. The minimum Gasteiger partial charge on any atom is -0.489 e. The monoisotopic (exact) mass is 298 g/mol. The van der Waals surface area contributed by atoms with Crippen molar-refractivity contribution in [3.63, 3.8) is 0 Å². The first-order valence-corrected chi connectivity index (χ1v) is 8.06. The van der Waals surface area contributed by atoms with Crippen LogP contribution in [-0.4, -0.2) is 17.6 Å². The summed E-state index contributed by atoms with van der Waals surface area (Å²) in [4.78, 5) is 4.12. The van der Waals surface area contributed by atoms with Gasteiger partial charge in [0.25, 0.3) is 0 Å². The molecule has 0 aliphatic carbocycles. The number of para-hydroxylation sites is 1. The summed E-state index contributed by atoms with van der Waals surface area (Å²) in [6.45, 7) is 8.18. The number of ether oxygens (including phenoxy) is 1. The van der Waals surface area contributed by atoms with Crippen molar-refractivity contribution in [3.05, 3.63) is 59.9 Å². The molecule has 22 heavy (non-hydrogen) atoms. The van der Waals surface area contributed by atoms with Crippen molar-refractivity contribution < 1.29 is 4.74 Å². The third-order valence-electron chi connectivity index (χ3n) is 3.87. The highest BCUT2D eigenvalue weighted by Gasteiger charge is 2.12. The molecule has 3 nitrogen and oxygen atoms in total. The summed E-state index contributed by atoms with van der Waals surface area (Å²) in [7, 11) is 0. The minimum absolute atomic E-state index is 0.127. The van der Waals surface area contributed by atoms with Crippen molar-refractivity contribution >= 4 is 0 Å². The van der Waals surface area contributed by atoms with Gasteiger partial charge in [0.05, 0.1) is 0 Å². The molecule has 1 aromatic carbocycles. The second-order valence-electron chi connectivity index (χ2n) is 5.77. The van der Waals surface area contributed by atoms with Gasteiger partial charge in [-0.1, -0.05) is 38.1 Å². The van der Waals surface area contributed by atoms with Gasteiger partial charge < -0.3 is 10.1 Å². The van der Waals surface area contributed by atoms with Gasteiger partial charge in [-0.05, 0) is 42.5 Å². The molecule has 2 unspecified atom stereocenters. The Morgan fingerprint density at radius 1 is 1.14 bits per heavy atom. The highest BCUT2D eigenvalue weighted by atomic mass is 16.5. The van der Waals surface area contributed by atoms with Crippen molar-refractivity contribution in [2.24, 2.45) is 0 Å². The number of hydrogen-bond acceptors (Lipinski definition) is 3. The molecule has 0 aliphatic heterocycles. The van der Waals surface area contributed by atoms with E-state index in [0.29, 0.717) is 5.92 Å². The Kier molecular flexibility index (Phi) is 6.41. The molecule has 2 aromatic rings. The van der Waals surface area contributed by atoms with E-state index >= 15 is 0 Å². The van der Waals surface area contributed by atoms with Crippen LogP contribution in [0.2, 0.25) is 0 Å². The van der Waals surface area contributed by atoms with Crippen LogP contribution in [0.4, 0.5) is 0 Å². The molecule has 0 saturated carbocycles. The van der Waals surface area contributed by atoms with Gasteiger partial charge in [0, 0.05) is 25.5 Å². The zero-order chi connectivity index (χ0) is 15.8. The second-order valence-corrected chi connectivity index (χ2v) is 5.77. The summed E-state index contributed by atoms with van der Waals surface area (Å²) >= 11 is 0. The van der Waals surface area contributed by atoms with Gasteiger partial charge in [0.15, 0.2) is 0 Å². The predicted octanol–water partition coefficient (Wildman–Crippen LogP) is 4.15. The standard InChI is InChI=1S/C19H26N2O/c1-4-15(2)18-9-5-6-10-19(18)22-16(3)12-21-14-17-8-7-11-20-13-17/h5-11,13,15-16,21H,4,12,14H2,1-3H3. The van der Waals surface area contributed by atoms with Crippen molar-refractivity contribution in [2.45, 2.75) is 45.8 Å². The molecule has 1 heterocycles. The van der Waals surface area contributed by atoms with E-state index in [2.05, 4.69) is 55.3 Å². The van der Waals surface area contributed by atoms with E-state index in [1.54, 1.807) is 6.20 Å². The maximum absolute atomic E-state index is 6.13. The number of pyridine rings is 1. The summed E-state index contributed by atoms with van der Waals surface area (Å²) in [6, 6.07) is 12.4. The molecule has 0 spiro atoms. The first kappa shape index (κ1) is 16.5. The van der Waals surface area contributed by atoms with Crippen LogP contribution in [0.1, 0.15) is 44.2 Å². The van der Waals surface area contributed by atoms with Crippen molar-refractivity contribution in [1.82, 2.24) is 10.3 Å². The summed E-state index contributed by atoms with van der Waals surface area (Å²) < 4.78 is 6.13. The van der Waals surface area contributed by atoms with Gasteiger partial charge in [-0.25, -0.2) is 0 Å². The van der Waals surface area contributed by atoms with Crippen LogP contribution in [0, 0.1) is 0 Å². The zero-order valence-electron chi connectivity index (χ0n) is 13.8. The largest absolute Gasteiger partial charge is 0.489 e. The molecule has 0 fully saturated rings. The van der Waals surface area contributed by atoms with Crippen LogP contribution < -0.4 is 10.1 Å². The summed E-state index contributed by atoms with van der Waals surface area (Å²) in [5.74, 6) is 1.53. The second kappa shape index (κ2) is 8.54. The fourth-order valence-electron chi connectivity index (χ4n) is 2.40. The van der Waals surface area contributed by atoms with Crippen LogP contribution in [0.3, 0.4) is 0 Å². The number of hydrogen-bond donors (Lipinski definition) is 1. The molecule has 0 aliphatic rings. The first-order chi connectivity index (χ1) is 10.7. The molecule has 0 radical (unpaired) electrons. The van der Waals surface area contributed by atoms with Crippen LogP contribution in [0.5, 0.6) is 5.75 Å². The number of rotatable bonds is 8. The quantitative estimate of drug-likeness (QED) is 0.795. The van der Waals surface area contributed by atoms with E-state index in [1.807, 2.05) is 18.3 Å². The van der Waals surface area contributed by atoms with Crippen molar-refractivity contribution in [3.8, 4) is 5.75 Å². The highest BCUT2D eigenvalue weighted by Crippen LogP contribution is 2.28. The minimum atomic E-state index is 0.127. The van der Waals surface area contributed by atoms with Gasteiger partial charge in [-0.2, -0.15) is 0 Å². The van der Waals surface area contributed by atoms with Crippen molar-refractivity contribution in [1.29, 1.82) is 0 Å². The molecule has 1 aromatic heterocycles. The van der Waals surface area contributed by atoms with E-state index in [0.717, 1.165) is 25.3 Å². The Balaban J connectivity index is 1.85. The summed E-state index contributed by atoms with van der Waals surface area (Å²) in [6.07, 6.45) is 4.92. The van der Waals surface area contributed by atoms with Gasteiger partial charge in [0.2, 0.25) is 0 Å². The van der Waals surface area contributed by atoms with E-state index in [-0.39, 0.29) is 6.10 Å². The number of nitrogens with zero attached hydrogens (tertiary/aromatic N) is 1. The van der Waals surface area contributed by atoms with Crippen LogP contribution in [-0.2, 0) is 6.54 Å². The summed E-state index contributed by atoms with van der Waals surface area (Å²) in [5.41, 5.74) is 2.49. The average molecular weight is 298 g/mol. The molecule has 2 rings (SSSR count). The number of nitrogens with one attached hydrogen (secondary N) is 1. The van der Waals surface area contributed by atoms with E-state index in [1.165, 1.54) is 11.1 Å². The molecule has 0 saturated heterocycles. The van der Waals surface area contributed by atoms with Gasteiger partial charge >= 0.3 is 0 Å². The molecular formula is C19H26N2O. The molecule has 3 heteroatoms. The molecule has 0 amide bonds.